The van der Waals surface area contributed by atoms with Gasteiger partial charge in [0.05, 0.1) is 17.8 Å². The van der Waals surface area contributed by atoms with Crippen molar-refractivity contribution in [1.29, 1.82) is 0 Å². The van der Waals surface area contributed by atoms with Gasteiger partial charge >= 0.3 is 0 Å². The smallest absolute Gasteiger partial charge is 0.265 e. The molecular formula is C12H19N3O2S. The van der Waals surface area contributed by atoms with Crippen LogP contribution in [0.15, 0.2) is 5.51 Å². The molecule has 1 aliphatic rings. The summed E-state index contributed by atoms with van der Waals surface area (Å²) >= 11 is 1.37. The van der Waals surface area contributed by atoms with Gasteiger partial charge in [-0.2, -0.15) is 0 Å². The van der Waals surface area contributed by atoms with Crippen LogP contribution in [-0.2, 0) is 0 Å². The van der Waals surface area contributed by atoms with Crippen LogP contribution < -0.4 is 5.32 Å². The third-order valence-electron chi connectivity index (χ3n) is 3.20. The fourth-order valence-corrected chi connectivity index (χ4v) is 3.00. The van der Waals surface area contributed by atoms with Gasteiger partial charge in [0.25, 0.3) is 5.91 Å². The molecule has 1 aromatic heterocycles. The molecule has 6 heteroatoms. The van der Waals surface area contributed by atoms with Crippen LogP contribution in [0.3, 0.4) is 0 Å². The van der Waals surface area contributed by atoms with Crippen molar-refractivity contribution in [1.82, 2.24) is 15.2 Å². The lowest BCUT2D eigenvalue weighted by Crippen LogP contribution is -2.42. The second-order valence-electron chi connectivity index (χ2n) is 4.53. The number of aryl methyl sites for hydroxylation is 1. The number of hydrogen-bond donors (Lipinski definition) is 2. The standard InChI is InChI=1S/C12H19N3O2S/c1-9-11(18-8-14-9)12(17)15(5-6-16)7-10-3-2-4-13-10/h8,10,13,16H,2-7H2,1H3. The molecule has 5 nitrogen and oxygen atoms in total. The van der Waals surface area contributed by atoms with Crippen molar-refractivity contribution in [3.63, 3.8) is 0 Å². The minimum Gasteiger partial charge on any atom is -0.395 e. The molecule has 2 N–H and O–H groups in total. The van der Waals surface area contributed by atoms with Crippen LogP contribution in [0, 0.1) is 6.92 Å². The van der Waals surface area contributed by atoms with E-state index in [4.69, 9.17) is 5.11 Å². The first-order valence-electron chi connectivity index (χ1n) is 6.26. The molecule has 0 saturated carbocycles. The summed E-state index contributed by atoms with van der Waals surface area (Å²) in [5, 5.41) is 12.5. The normalized spacial score (nSPS) is 19.1. The Bertz CT molecular complexity index is 402. The molecule has 1 fully saturated rings. The summed E-state index contributed by atoms with van der Waals surface area (Å²) in [6.07, 6.45) is 2.25. The van der Waals surface area contributed by atoms with Gasteiger partial charge in [0, 0.05) is 19.1 Å². The van der Waals surface area contributed by atoms with E-state index in [0.717, 1.165) is 25.1 Å². The highest BCUT2D eigenvalue weighted by Gasteiger charge is 2.24. The first kappa shape index (κ1) is 13.5. The van der Waals surface area contributed by atoms with E-state index in [1.807, 2.05) is 6.92 Å². The predicted molar refractivity (Wildman–Crippen MR) is 70.9 cm³/mol. The van der Waals surface area contributed by atoms with Crippen molar-refractivity contribution in [3.8, 4) is 0 Å². The zero-order chi connectivity index (χ0) is 13.0. The fourth-order valence-electron chi connectivity index (χ4n) is 2.23. The highest BCUT2D eigenvalue weighted by Crippen LogP contribution is 2.16. The minimum absolute atomic E-state index is 0.00366. The van der Waals surface area contributed by atoms with E-state index >= 15 is 0 Å². The minimum atomic E-state index is -0.0160. The van der Waals surface area contributed by atoms with Crippen LogP contribution in [0.4, 0.5) is 0 Å². The number of nitrogens with one attached hydrogen (secondary N) is 1. The van der Waals surface area contributed by atoms with E-state index in [9.17, 15) is 4.79 Å². The third kappa shape index (κ3) is 3.07. The summed E-state index contributed by atoms with van der Waals surface area (Å²) in [7, 11) is 0. The third-order valence-corrected chi connectivity index (χ3v) is 4.12. The molecule has 0 bridgehead atoms. The number of amides is 1. The number of carbonyl (C=O) groups is 1. The van der Waals surface area contributed by atoms with Crippen molar-refractivity contribution in [3.05, 3.63) is 16.1 Å². The number of thiazole rings is 1. The van der Waals surface area contributed by atoms with E-state index in [1.54, 1.807) is 10.4 Å². The molecule has 0 aliphatic carbocycles. The lowest BCUT2D eigenvalue weighted by Gasteiger charge is -2.24. The number of aliphatic hydroxyl groups excluding tert-OH is 1. The summed E-state index contributed by atoms with van der Waals surface area (Å²) in [6, 6.07) is 0.355. The summed E-state index contributed by atoms with van der Waals surface area (Å²) in [4.78, 5) is 18.9. The topological polar surface area (TPSA) is 65.5 Å². The van der Waals surface area contributed by atoms with Crippen molar-refractivity contribution < 1.29 is 9.90 Å². The number of nitrogens with zero attached hydrogens (tertiary/aromatic N) is 2. The Balaban J connectivity index is 2.04. The number of carbonyl (C=O) groups excluding carboxylic acids is 1. The van der Waals surface area contributed by atoms with Crippen LogP contribution in [0.2, 0.25) is 0 Å². The monoisotopic (exact) mass is 269 g/mol. The molecule has 1 aromatic rings. The van der Waals surface area contributed by atoms with Crippen LogP contribution in [0.5, 0.6) is 0 Å². The lowest BCUT2D eigenvalue weighted by molar-refractivity contribution is 0.0710. The maximum Gasteiger partial charge on any atom is 0.265 e. The largest absolute Gasteiger partial charge is 0.395 e. The van der Waals surface area contributed by atoms with Crippen LogP contribution in [0.1, 0.15) is 28.2 Å². The molecule has 2 rings (SSSR count). The number of rotatable bonds is 5. The molecule has 100 valence electrons. The van der Waals surface area contributed by atoms with E-state index in [1.165, 1.54) is 11.3 Å². The number of hydrogen-bond acceptors (Lipinski definition) is 5. The zero-order valence-corrected chi connectivity index (χ0v) is 11.4. The van der Waals surface area contributed by atoms with Gasteiger partial charge in [-0.05, 0) is 26.3 Å². The molecule has 0 aromatic carbocycles. The molecule has 1 amide bonds. The Morgan fingerprint density at radius 3 is 3.11 bits per heavy atom. The lowest BCUT2D eigenvalue weighted by atomic mass is 10.2. The Morgan fingerprint density at radius 1 is 1.72 bits per heavy atom. The molecular weight excluding hydrogens is 250 g/mol. The second-order valence-corrected chi connectivity index (χ2v) is 5.39. The van der Waals surface area contributed by atoms with E-state index in [0.29, 0.717) is 24.0 Å². The molecule has 0 radical (unpaired) electrons. The van der Waals surface area contributed by atoms with Crippen molar-refractivity contribution in [2.45, 2.75) is 25.8 Å². The van der Waals surface area contributed by atoms with Crippen LogP contribution >= 0.6 is 11.3 Å². The number of aliphatic hydroxyl groups is 1. The van der Waals surface area contributed by atoms with Gasteiger partial charge in [0.15, 0.2) is 0 Å². The molecule has 2 heterocycles. The average molecular weight is 269 g/mol. The zero-order valence-electron chi connectivity index (χ0n) is 10.6. The maximum atomic E-state index is 12.4. The highest BCUT2D eigenvalue weighted by molar-refractivity contribution is 7.11. The van der Waals surface area contributed by atoms with Crippen molar-refractivity contribution >= 4 is 17.2 Å². The Kier molecular flexibility index (Phi) is 4.68. The van der Waals surface area contributed by atoms with Gasteiger partial charge in [-0.25, -0.2) is 4.98 Å². The maximum absolute atomic E-state index is 12.4. The predicted octanol–water partition coefficient (Wildman–Crippen LogP) is 0.638. The highest BCUT2D eigenvalue weighted by atomic mass is 32.1. The second kappa shape index (κ2) is 6.26. The van der Waals surface area contributed by atoms with Gasteiger partial charge in [0.2, 0.25) is 0 Å². The summed E-state index contributed by atoms with van der Waals surface area (Å²) in [5.74, 6) is -0.0160. The first-order valence-corrected chi connectivity index (χ1v) is 7.14. The Morgan fingerprint density at radius 2 is 2.56 bits per heavy atom. The average Bonchev–Trinajstić information content (AvgIpc) is 2.99. The Hall–Kier alpha value is -0.980. The van der Waals surface area contributed by atoms with E-state index in [2.05, 4.69) is 10.3 Å². The molecule has 1 aliphatic heterocycles. The molecule has 1 saturated heterocycles. The van der Waals surface area contributed by atoms with Gasteiger partial charge < -0.3 is 15.3 Å². The van der Waals surface area contributed by atoms with Gasteiger partial charge in [0.1, 0.15) is 4.88 Å². The van der Waals surface area contributed by atoms with Gasteiger partial charge in [-0.1, -0.05) is 0 Å². The first-order chi connectivity index (χ1) is 8.72. The van der Waals surface area contributed by atoms with Gasteiger partial charge in [-0.3, -0.25) is 4.79 Å². The van der Waals surface area contributed by atoms with Crippen LogP contribution in [0.25, 0.3) is 0 Å². The van der Waals surface area contributed by atoms with Crippen LogP contribution in [-0.4, -0.2) is 53.2 Å². The van der Waals surface area contributed by atoms with E-state index in [-0.39, 0.29) is 12.5 Å². The summed E-state index contributed by atoms with van der Waals surface area (Å²) in [5.41, 5.74) is 2.46. The summed E-state index contributed by atoms with van der Waals surface area (Å²) in [6.45, 7) is 3.90. The summed E-state index contributed by atoms with van der Waals surface area (Å²) < 4.78 is 0. The fraction of sp³-hybridized carbons (Fsp3) is 0.667. The number of aromatic nitrogens is 1. The molecule has 0 spiro atoms. The molecule has 1 atom stereocenters. The van der Waals surface area contributed by atoms with Crippen molar-refractivity contribution in [2.24, 2.45) is 0 Å². The van der Waals surface area contributed by atoms with Crippen molar-refractivity contribution in [2.75, 3.05) is 26.2 Å². The SMILES string of the molecule is Cc1ncsc1C(=O)N(CCO)CC1CCCN1. The molecule has 18 heavy (non-hydrogen) atoms. The molecule has 1 unspecified atom stereocenters. The van der Waals surface area contributed by atoms with E-state index < -0.39 is 0 Å². The van der Waals surface area contributed by atoms with Gasteiger partial charge in [-0.15, -0.1) is 11.3 Å². The quantitative estimate of drug-likeness (QED) is 0.823. The Labute approximate surface area is 111 Å².